The SMILES string of the molecule is CC1(C)OB(C(F)=Cc2cn(-c3ccc(Cl)c(C(F)(F)F)c3)nn2)OC1(C)C. The number of rotatable bonds is 3. The van der Waals surface area contributed by atoms with Gasteiger partial charge < -0.3 is 9.31 Å². The van der Waals surface area contributed by atoms with Crippen LogP contribution in [-0.2, 0) is 15.5 Å². The van der Waals surface area contributed by atoms with Crippen molar-refractivity contribution in [3.63, 3.8) is 0 Å². The highest BCUT2D eigenvalue weighted by Crippen LogP contribution is 2.39. The van der Waals surface area contributed by atoms with Crippen LogP contribution in [0.3, 0.4) is 0 Å². The molecule has 1 fully saturated rings. The summed E-state index contributed by atoms with van der Waals surface area (Å²) in [6.07, 6.45) is -2.26. The summed E-state index contributed by atoms with van der Waals surface area (Å²) >= 11 is 5.61. The lowest BCUT2D eigenvalue weighted by Gasteiger charge is -2.32. The molecule has 0 unspecified atom stereocenters. The summed E-state index contributed by atoms with van der Waals surface area (Å²) in [5.74, 6) is 0. The third-order valence-corrected chi connectivity index (χ3v) is 5.12. The first-order valence-electron chi connectivity index (χ1n) is 8.32. The first-order valence-corrected chi connectivity index (χ1v) is 8.70. The predicted octanol–water partition coefficient (Wildman–Crippen LogP) is 4.88. The molecule has 150 valence electrons. The van der Waals surface area contributed by atoms with E-state index in [9.17, 15) is 17.6 Å². The Balaban J connectivity index is 1.85. The van der Waals surface area contributed by atoms with Gasteiger partial charge in [0.2, 0.25) is 0 Å². The van der Waals surface area contributed by atoms with Crippen molar-refractivity contribution in [3.05, 3.63) is 46.4 Å². The Kier molecular flexibility index (Phi) is 5.10. The first kappa shape index (κ1) is 20.8. The van der Waals surface area contributed by atoms with E-state index < -0.39 is 40.8 Å². The second-order valence-electron chi connectivity index (χ2n) is 7.37. The molecular weight excluding hydrogens is 400 g/mol. The molecule has 0 amide bonds. The third-order valence-electron chi connectivity index (χ3n) is 4.80. The fraction of sp³-hybridized carbons (Fsp3) is 0.412. The number of halogens is 5. The van der Waals surface area contributed by atoms with Crippen molar-refractivity contribution in [3.8, 4) is 5.69 Å². The van der Waals surface area contributed by atoms with E-state index in [2.05, 4.69) is 10.3 Å². The molecule has 1 saturated heterocycles. The maximum absolute atomic E-state index is 14.5. The standard InChI is InChI=1S/C17H17BClF4N3O2/c1-15(2)16(3,4)28-18(27-15)14(20)7-10-9-26(25-24-10)11-5-6-13(19)12(8-11)17(21,22)23/h5-9H,1-4H3. The molecule has 3 rings (SSSR count). The van der Waals surface area contributed by atoms with E-state index in [4.69, 9.17) is 20.9 Å². The number of aromatic nitrogens is 3. The number of benzene rings is 1. The van der Waals surface area contributed by atoms with Crippen LogP contribution < -0.4 is 0 Å². The second-order valence-corrected chi connectivity index (χ2v) is 7.77. The van der Waals surface area contributed by atoms with Gasteiger partial charge >= 0.3 is 13.3 Å². The van der Waals surface area contributed by atoms with Crippen molar-refractivity contribution < 1.29 is 26.9 Å². The Morgan fingerprint density at radius 1 is 1.18 bits per heavy atom. The summed E-state index contributed by atoms with van der Waals surface area (Å²) in [5.41, 5.74) is -2.97. The zero-order valence-corrected chi connectivity index (χ0v) is 16.3. The average molecular weight is 418 g/mol. The maximum Gasteiger partial charge on any atom is 0.525 e. The molecule has 11 heteroatoms. The van der Waals surface area contributed by atoms with E-state index >= 15 is 0 Å². The Morgan fingerprint density at radius 3 is 2.36 bits per heavy atom. The minimum absolute atomic E-state index is 0.0833. The Bertz CT molecular complexity index is 911. The molecule has 1 aliphatic rings. The summed E-state index contributed by atoms with van der Waals surface area (Å²) in [7, 11) is -1.21. The summed E-state index contributed by atoms with van der Waals surface area (Å²) in [6.45, 7) is 7.15. The molecule has 0 saturated carbocycles. The molecule has 1 aromatic carbocycles. The molecule has 2 aromatic rings. The van der Waals surface area contributed by atoms with Crippen LogP contribution in [0, 0.1) is 0 Å². The van der Waals surface area contributed by atoms with Crippen LogP contribution >= 0.6 is 11.6 Å². The van der Waals surface area contributed by atoms with Gasteiger partial charge in [-0.15, -0.1) is 5.10 Å². The van der Waals surface area contributed by atoms with Crippen molar-refractivity contribution in [2.24, 2.45) is 0 Å². The summed E-state index contributed by atoms with van der Waals surface area (Å²) in [5, 5.41) is 7.07. The number of hydrogen-bond acceptors (Lipinski definition) is 4. The molecule has 28 heavy (non-hydrogen) atoms. The Hall–Kier alpha value is -1.91. The van der Waals surface area contributed by atoms with Crippen LogP contribution in [0.4, 0.5) is 17.6 Å². The van der Waals surface area contributed by atoms with Gasteiger partial charge in [-0.1, -0.05) is 16.8 Å². The van der Waals surface area contributed by atoms with E-state index in [1.165, 1.54) is 12.3 Å². The molecule has 0 N–H and O–H groups in total. The summed E-state index contributed by atoms with van der Waals surface area (Å²) in [4.78, 5) is 0. The molecule has 1 aromatic heterocycles. The van der Waals surface area contributed by atoms with E-state index in [0.29, 0.717) is 0 Å². The van der Waals surface area contributed by atoms with Crippen molar-refractivity contribution >= 4 is 24.8 Å². The monoisotopic (exact) mass is 417 g/mol. The Morgan fingerprint density at radius 2 is 1.79 bits per heavy atom. The van der Waals surface area contributed by atoms with Gasteiger partial charge in [0.05, 0.1) is 33.7 Å². The van der Waals surface area contributed by atoms with E-state index in [1.807, 2.05) is 0 Å². The third kappa shape index (κ3) is 3.94. The van der Waals surface area contributed by atoms with E-state index in [-0.39, 0.29) is 11.4 Å². The van der Waals surface area contributed by atoms with Gasteiger partial charge in [-0.3, -0.25) is 0 Å². The highest BCUT2D eigenvalue weighted by Gasteiger charge is 2.53. The highest BCUT2D eigenvalue weighted by atomic mass is 35.5. The van der Waals surface area contributed by atoms with Gasteiger partial charge in [-0.25, -0.2) is 9.07 Å². The zero-order valence-electron chi connectivity index (χ0n) is 15.5. The normalized spacial score (nSPS) is 19.3. The van der Waals surface area contributed by atoms with Gasteiger partial charge in [0.15, 0.2) is 0 Å². The van der Waals surface area contributed by atoms with Crippen molar-refractivity contribution in [1.29, 1.82) is 0 Å². The van der Waals surface area contributed by atoms with Gasteiger partial charge in [0, 0.05) is 0 Å². The van der Waals surface area contributed by atoms with Crippen LogP contribution in [0.1, 0.15) is 39.0 Å². The van der Waals surface area contributed by atoms with Crippen molar-refractivity contribution in [2.45, 2.75) is 45.1 Å². The van der Waals surface area contributed by atoms with Crippen LogP contribution in [0.25, 0.3) is 11.8 Å². The minimum atomic E-state index is -4.61. The second kappa shape index (κ2) is 6.86. The Labute approximate surface area is 164 Å². The molecule has 2 heterocycles. The zero-order chi connectivity index (χ0) is 20.9. The van der Waals surface area contributed by atoms with Crippen molar-refractivity contribution in [2.75, 3.05) is 0 Å². The lowest BCUT2D eigenvalue weighted by molar-refractivity contribution is -0.137. The molecule has 0 aliphatic carbocycles. The van der Waals surface area contributed by atoms with Crippen LogP contribution in [0.15, 0.2) is 30.1 Å². The first-order chi connectivity index (χ1) is 12.8. The van der Waals surface area contributed by atoms with Crippen molar-refractivity contribution in [1.82, 2.24) is 15.0 Å². The van der Waals surface area contributed by atoms with Gasteiger partial charge in [-0.05, 0) is 52.0 Å². The van der Waals surface area contributed by atoms with E-state index in [0.717, 1.165) is 22.9 Å². The summed E-state index contributed by atoms with van der Waals surface area (Å²) < 4.78 is 65.8. The molecule has 1 aliphatic heterocycles. The average Bonchev–Trinajstić information content (AvgIpc) is 3.09. The van der Waals surface area contributed by atoms with Gasteiger partial charge in [0.1, 0.15) is 11.4 Å². The number of nitrogens with zero attached hydrogens (tertiary/aromatic N) is 3. The molecule has 0 radical (unpaired) electrons. The quantitative estimate of drug-likeness (QED) is 0.527. The fourth-order valence-electron chi connectivity index (χ4n) is 2.51. The lowest BCUT2D eigenvalue weighted by atomic mass is 9.87. The predicted molar refractivity (Wildman–Crippen MR) is 96.5 cm³/mol. The summed E-state index contributed by atoms with van der Waals surface area (Å²) in [6, 6.07) is 3.31. The largest absolute Gasteiger partial charge is 0.525 e. The molecular formula is C17H17BClF4N3O2. The van der Waals surface area contributed by atoms with Crippen LogP contribution in [0.5, 0.6) is 0 Å². The number of hydrogen-bond donors (Lipinski definition) is 0. The molecule has 0 atom stereocenters. The van der Waals surface area contributed by atoms with E-state index in [1.54, 1.807) is 27.7 Å². The topological polar surface area (TPSA) is 49.2 Å². The fourth-order valence-corrected chi connectivity index (χ4v) is 2.73. The maximum atomic E-state index is 14.5. The molecule has 5 nitrogen and oxygen atoms in total. The van der Waals surface area contributed by atoms with Crippen LogP contribution in [0.2, 0.25) is 5.02 Å². The van der Waals surface area contributed by atoms with Gasteiger partial charge in [-0.2, -0.15) is 13.2 Å². The highest BCUT2D eigenvalue weighted by molar-refractivity contribution is 6.54. The number of alkyl halides is 3. The lowest BCUT2D eigenvalue weighted by Crippen LogP contribution is -2.41. The van der Waals surface area contributed by atoms with Gasteiger partial charge in [0.25, 0.3) is 0 Å². The van der Waals surface area contributed by atoms with Crippen LogP contribution in [-0.4, -0.2) is 33.3 Å². The smallest absolute Gasteiger partial charge is 0.398 e. The molecule has 0 spiro atoms. The minimum Gasteiger partial charge on any atom is -0.398 e. The molecule has 0 bridgehead atoms.